The molecule has 1 aromatic carbocycles. The molecule has 0 radical (unpaired) electrons. The lowest BCUT2D eigenvalue weighted by Gasteiger charge is -1.99. The van der Waals surface area contributed by atoms with Crippen LogP contribution in [0, 0.1) is 6.92 Å². The topological polar surface area (TPSA) is 29.9 Å². The van der Waals surface area contributed by atoms with Crippen molar-refractivity contribution in [2.24, 2.45) is 7.05 Å². The summed E-state index contributed by atoms with van der Waals surface area (Å²) in [5, 5.41) is 8.23. The molecule has 5 heteroatoms. The molecule has 0 aliphatic heterocycles. The van der Waals surface area contributed by atoms with Crippen LogP contribution in [0.3, 0.4) is 0 Å². The monoisotopic (exact) mass is 305 g/mol. The molecule has 0 atom stereocenters. The molecule has 0 bridgehead atoms. The van der Waals surface area contributed by atoms with Crippen LogP contribution in [0.2, 0.25) is 5.02 Å². The standard InChI is InChI=1S/C15H16ClN3S/c1-4-17-15-18-12(8-20-15)14-9(2)19(3)13-6-5-10(16)7-11(13)14/h5-8H,4H2,1-3H3,(H,17,18). The Morgan fingerprint density at radius 1 is 1.40 bits per heavy atom. The van der Waals surface area contributed by atoms with E-state index in [-0.39, 0.29) is 0 Å². The van der Waals surface area contributed by atoms with Crippen LogP contribution in [0.4, 0.5) is 5.13 Å². The Morgan fingerprint density at radius 3 is 2.95 bits per heavy atom. The normalized spacial score (nSPS) is 11.2. The highest BCUT2D eigenvalue weighted by atomic mass is 35.5. The molecule has 0 amide bonds. The van der Waals surface area contributed by atoms with Crippen molar-refractivity contribution in [3.05, 3.63) is 34.3 Å². The lowest BCUT2D eigenvalue weighted by Crippen LogP contribution is -1.95. The number of hydrogen-bond acceptors (Lipinski definition) is 3. The number of thiazole rings is 1. The van der Waals surface area contributed by atoms with E-state index in [0.717, 1.165) is 27.8 Å². The maximum Gasteiger partial charge on any atom is 0.183 e. The Hall–Kier alpha value is -1.52. The Labute approximate surface area is 127 Å². The first-order valence-electron chi connectivity index (χ1n) is 6.56. The summed E-state index contributed by atoms with van der Waals surface area (Å²) in [6.07, 6.45) is 0. The summed E-state index contributed by atoms with van der Waals surface area (Å²) in [4.78, 5) is 4.68. The predicted octanol–water partition coefficient (Wildman–Crippen LogP) is 4.70. The number of nitrogens with zero attached hydrogens (tertiary/aromatic N) is 2. The second-order valence-electron chi connectivity index (χ2n) is 4.75. The van der Waals surface area contributed by atoms with Gasteiger partial charge in [0.1, 0.15) is 0 Å². The lowest BCUT2D eigenvalue weighted by atomic mass is 10.1. The van der Waals surface area contributed by atoms with Crippen molar-refractivity contribution in [3.63, 3.8) is 0 Å². The van der Waals surface area contributed by atoms with Crippen molar-refractivity contribution in [1.82, 2.24) is 9.55 Å². The number of fused-ring (bicyclic) bond motifs is 1. The Morgan fingerprint density at radius 2 is 2.20 bits per heavy atom. The van der Waals surface area contributed by atoms with E-state index in [0.29, 0.717) is 0 Å². The maximum absolute atomic E-state index is 6.16. The smallest absolute Gasteiger partial charge is 0.183 e. The molecule has 2 heterocycles. The molecular formula is C15H16ClN3S. The van der Waals surface area contributed by atoms with Crippen molar-refractivity contribution in [3.8, 4) is 11.3 Å². The molecular weight excluding hydrogens is 290 g/mol. The van der Waals surface area contributed by atoms with Gasteiger partial charge in [0.05, 0.1) is 5.69 Å². The Balaban J connectivity index is 2.23. The van der Waals surface area contributed by atoms with Crippen LogP contribution < -0.4 is 5.32 Å². The average molecular weight is 306 g/mol. The molecule has 3 rings (SSSR count). The second-order valence-corrected chi connectivity index (χ2v) is 6.04. The first kappa shape index (κ1) is 13.5. The van der Waals surface area contributed by atoms with Gasteiger partial charge in [-0.3, -0.25) is 0 Å². The first-order chi connectivity index (χ1) is 9.61. The van der Waals surface area contributed by atoms with Crippen LogP contribution in [0.15, 0.2) is 23.6 Å². The molecule has 0 fully saturated rings. The number of benzene rings is 1. The number of nitrogens with one attached hydrogen (secondary N) is 1. The highest BCUT2D eigenvalue weighted by Crippen LogP contribution is 2.36. The molecule has 0 spiro atoms. The largest absolute Gasteiger partial charge is 0.362 e. The zero-order valence-corrected chi connectivity index (χ0v) is 13.3. The van der Waals surface area contributed by atoms with E-state index in [4.69, 9.17) is 11.6 Å². The number of halogens is 1. The van der Waals surface area contributed by atoms with Crippen molar-refractivity contribution >= 4 is 39.0 Å². The zero-order valence-electron chi connectivity index (χ0n) is 11.7. The molecule has 104 valence electrons. The van der Waals surface area contributed by atoms with Crippen LogP contribution >= 0.6 is 22.9 Å². The lowest BCUT2D eigenvalue weighted by molar-refractivity contribution is 0.919. The van der Waals surface area contributed by atoms with E-state index in [1.165, 1.54) is 16.8 Å². The van der Waals surface area contributed by atoms with Crippen molar-refractivity contribution in [1.29, 1.82) is 0 Å². The summed E-state index contributed by atoms with van der Waals surface area (Å²) in [5.74, 6) is 0. The van der Waals surface area contributed by atoms with Crippen LogP contribution in [-0.2, 0) is 7.05 Å². The second kappa shape index (κ2) is 5.11. The van der Waals surface area contributed by atoms with Crippen LogP contribution in [0.1, 0.15) is 12.6 Å². The Bertz CT molecular complexity index is 773. The zero-order chi connectivity index (χ0) is 14.3. The van der Waals surface area contributed by atoms with Crippen LogP contribution in [0.25, 0.3) is 22.2 Å². The number of hydrogen-bond donors (Lipinski definition) is 1. The van der Waals surface area contributed by atoms with Gasteiger partial charge in [0.25, 0.3) is 0 Å². The van der Waals surface area contributed by atoms with Gasteiger partial charge < -0.3 is 9.88 Å². The van der Waals surface area contributed by atoms with Gasteiger partial charge in [-0.2, -0.15) is 0 Å². The first-order valence-corrected chi connectivity index (χ1v) is 7.82. The summed E-state index contributed by atoms with van der Waals surface area (Å²) in [7, 11) is 2.08. The van der Waals surface area contributed by atoms with Crippen molar-refractivity contribution in [2.45, 2.75) is 13.8 Å². The fourth-order valence-electron chi connectivity index (χ4n) is 2.49. The predicted molar refractivity (Wildman–Crippen MR) is 87.9 cm³/mol. The summed E-state index contributed by atoms with van der Waals surface area (Å²) >= 11 is 7.79. The van der Waals surface area contributed by atoms with E-state index in [1.54, 1.807) is 11.3 Å². The van der Waals surface area contributed by atoms with Crippen LogP contribution in [-0.4, -0.2) is 16.1 Å². The SMILES string of the molecule is CCNc1nc(-c2c(C)n(C)c3ccc(Cl)cc23)cs1. The fraction of sp³-hybridized carbons (Fsp3) is 0.267. The van der Waals surface area contributed by atoms with E-state index in [1.807, 2.05) is 12.1 Å². The number of aromatic nitrogens is 2. The minimum Gasteiger partial charge on any atom is -0.362 e. The number of rotatable bonds is 3. The molecule has 3 aromatic rings. The van der Waals surface area contributed by atoms with Gasteiger partial charge in [0.15, 0.2) is 5.13 Å². The summed E-state index contributed by atoms with van der Waals surface area (Å²) in [6.45, 7) is 5.08. The van der Waals surface area contributed by atoms with Gasteiger partial charge in [0, 0.05) is 46.2 Å². The Kier molecular flexibility index (Phi) is 3.44. The third-order valence-corrected chi connectivity index (χ3v) is 4.58. The molecule has 2 aromatic heterocycles. The van der Waals surface area contributed by atoms with E-state index in [2.05, 4.69) is 47.2 Å². The summed E-state index contributed by atoms with van der Waals surface area (Å²) in [6, 6.07) is 6.01. The minimum absolute atomic E-state index is 0.756. The van der Waals surface area contributed by atoms with E-state index >= 15 is 0 Å². The maximum atomic E-state index is 6.16. The van der Waals surface area contributed by atoms with Gasteiger partial charge in [-0.1, -0.05) is 11.6 Å². The highest BCUT2D eigenvalue weighted by Gasteiger charge is 2.16. The summed E-state index contributed by atoms with van der Waals surface area (Å²) < 4.78 is 2.19. The van der Waals surface area contributed by atoms with Crippen molar-refractivity contribution in [2.75, 3.05) is 11.9 Å². The molecule has 0 unspecified atom stereocenters. The summed E-state index contributed by atoms with van der Waals surface area (Å²) in [5.41, 5.74) is 4.57. The quantitative estimate of drug-likeness (QED) is 0.760. The molecule has 1 N–H and O–H groups in total. The molecule has 3 nitrogen and oxygen atoms in total. The third-order valence-electron chi connectivity index (χ3n) is 3.54. The molecule has 0 aliphatic rings. The molecule has 0 saturated heterocycles. The van der Waals surface area contributed by atoms with Gasteiger partial charge in [-0.05, 0) is 32.0 Å². The van der Waals surface area contributed by atoms with Gasteiger partial charge in [-0.15, -0.1) is 11.3 Å². The number of anilines is 1. The minimum atomic E-state index is 0.756. The van der Waals surface area contributed by atoms with Gasteiger partial charge in [0.2, 0.25) is 0 Å². The third kappa shape index (κ3) is 2.09. The van der Waals surface area contributed by atoms with E-state index in [9.17, 15) is 0 Å². The molecule has 0 aliphatic carbocycles. The van der Waals surface area contributed by atoms with Crippen LogP contribution in [0.5, 0.6) is 0 Å². The van der Waals surface area contributed by atoms with Gasteiger partial charge >= 0.3 is 0 Å². The molecule has 20 heavy (non-hydrogen) atoms. The average Bonchev–Trinajstić information content (AvgIpc) is 2.95. The van der Waals surface area contributed by atoms with Crippen molar-refractivity contribution < 1.29 is 0 Å². The fourth-order valence-corrected chi connectivity index (χ4v) is 3.43. The highest BCUT2D eigenvalue weighted by molar-refractivity contribution is 7.14. The van der Waals surface area contributed by atoms with Gasteiger partial charge in [-0.25, -0.2) is 4.98 Å². The molecule has 0 saturated carbocycles. The van der Waals surface area contributed by atoms with E-state index < -0.39 is 0 Å². The number of aryl methyl sites for hydroxylation is 1.